The zero-order valence-electron chi connectivity index (χ0n) is 13.2. The highest BCUT2D eigenvalue weighted by atomic mass is 79.9. The molecule has 1 aromatic heterocycles. The van der Waals surface area contributed by atoms with Gasteiger partial charge in [0.1, 0.15) is 11.9 Å². The number of hydrogen-bond donors (Lipinski definition) is 2. The Labute approximate surface area is 152 Å². The monoisotopic (exact) mass is 422 g/mol. The normalized spacial score (nSPS) is 22.5. The SMILES string of the molecule is O=[SH]Nc1cc(Br)cnc1N1CCC(N2CCCC(F)(F)C2)CC1. The molecular weight excluding hydrogens is 402 g/mol. The molecule has 9 heteroatoms. The number of aromatic nitrogens is 1. The van der Waals surface area contributed by atoms with Gasteiger partial charge in [-0.25, -0.2) is 18.0 Å². The predicted molar refractivity (Wildman–Crippen MR) is 96.1 cm³/mol. The Hall–Kier alpha value is -0.800. The van der Waals surface area contributed by atoms with Crippen molar-refractivity contribution in [2.24, 2.45) is 0 Å². The lowest BCUT2D eigenvalue weighted by molar-refractivity contribution is -0.0771. The average Bonchev–Trinajstić information content (AvgIpc) is 2.55. The van der Waals surface area contributed by atoms with Crippen LogP contribution in [0.25, 0.3) is 0 Å². The minimum atomic E-state index is -2.55. The van der Waals surface area contributed by atoms with Gasteiger partial charge in [0.15, 0.2) is 5.82 Å². The van der Waals surface area contributed by atoms with Crippen LogP contribution in [-0.4, -0.2) is 52.2 Å². The summed E-state index contributed by atoms with van der Waals surface area (Å²) in [7, 11) is 0. The summed E-state index contributed by atoms with van der Waals surface area (Å²) in [5.74, 6) is -1.79. The van der Waals surface area contributed by atoms with Gasteiger partial charge in [-0.15, -0.1) is 0 Å². The van der Waals surface area contributed by atoms with Crippen LogP contribution in [0.15, 0.2) is 16.7 Å². The molecule has 0 aromatic carbocycles. The number of nitrogens with zero attached hydrogens (tertiary/aromatic N) is 3. The molecule has 2 fully saturated rings. The summed E-state index contributed by atoms with van der Waals surface area (Å²) in [5, 5.41) is 0. The first kappa shape index (κ1) is 18.0. The molecule has 0 saturated carbocycles. The molecule has 2 aliphatic heterocycles. The number of thiol groups is 1. The Balaban J connectivity index is 1.64. The fraction of sp³-hybridized carbons (Fsp3) is 0.667. The highest BCUT2D eigenvalue weighted by molar-refractivity contribution is 9.10. The lowest BCUT2D eigenvalue weighted by Crippen LogP contribution is -2.51. The van der Waals surface area contributed by atoms with E-state index in [1.807, 2.05) is 11.0 Å². The summed E-state index contributed by atoms with van der Waals surface area (Å²) in [5.41, 5.74) is 0.698. The molecule has 2 aliphatic rings. The molecule has 1 N–H and O–H groups in total. The number of nitrogens with one attached hydrogen (secondary N) is 1. The van der Waals surface area contributed by atoms with Crippen molar-refractivity contribution in [1.29, 1.82) is 0 Å². The fourth-order valence-corrected chi connectivity index (χ4v) is 4.16. The van der Waals surface area contributed by atoms with E-state index in [1.54, 1.807) is 6.20 Å². The van der Waals surface area contributed by atoms with Crippen molar-refractivity contribution >= 4 is 39.3 Å². The summed E-state index contributed by atoms with van der Waals surface area (Å²) in [6.07, 6.45) is 3.96. The van der Waals surface area contributed by atoms with Crippen molar-refractivity contribution in [1.82, 2.24) is 9.88 Å². The Kier molecular flexibility index (Phi) is 5.71. The van der Waals surface area contributed by atoms with Gasteiger partial charge in [-0.3, -0.25) is 4.90 Å². The minimum absolute atomic E-state index is 0.00854. The summed E-state index contributed by atoms with van der Waals surface area (Å²) < 4.78 is 41.7. The molecule has 0 bridgehead atoms. The minimum Gasteiger partial charge on any atom is -0.355 e. The Morgan fingerprint density at radius 2 is 2.08 bits per heavy atom. The molecule has 2 saturated heterocycles. The third kappa shape index (κ3) is 4.23. The van der Waals surface area contributed by atoms with Gasteiger partial charge in [0.25, 0.3) is 5.92 Å². The number of likely N-dealkylation sites (tertiary alicyclic amines) is 1. The molecular formula is C15H21BrF2N4OS. The van der Waals surface area contributed by atoms with E-state index in [1.165, 1.54) is 0 Å². The first-order chi connectivity index (χ1) is 11.5. The fourth-order valence-electron chi connectivity index (χ4n) is 3.57. The van der Waals surface area contributed by atoms with Gasteiger partial charge in [-0.1, -0.05) is 0 Å². The van der Waals surface area contributed by atoms with Gasteiger partial charge in [-0.2, -0.15) is 0 Å². The molecule has 0 radical (unpaired) electrons. The van der Waals surface area contributed by atoms with E-state index >= 15 is 0 Å². The van der Waals surface area contributed by atoms with Crippen LogP contribution >= 0.6 is 15.9 Å². The van der Waals surface area contributed by atoms with Crippen LogP contribution in [0.3, 0.4) is 0 Å². The smallest absolute Gasteiger partial charge is 0.260 e. The molecule has 24 heavy (non-hydrogen) atoms. The Bertz CT molecular complexity index is 599. The third-order valence-electron chi connectivity index (χ3n) is 4.70. The number of rotatable bonds is 4. The number of halogens is 3. The highest BCUT2D eigenvalue weighted by Gasteiger charge is 2.38. The molecule has 0 unspecified atom stereocenters. The maximum atomic E-state index is 13.6. The summed E-state index contributed by atoms with van der Waals surface area (Å²) in [6, 6.07) is 2.04. The van der Waals surface area contributed by atoms with Crippen molar-refractivity contribution in [2.45, 2.75) is 37.6 Å². The van der Waals surface area contributed by atoms with E-state index in [-0.39, 0.29) is 30.9 Å². The third-order valence-corrected chi connectivity index (χ3v) is 5.47. The molecule has 5 nitrogen and oxygen atoms in total. The molecule has 3 heterocycles. The summed E-state index contributed by atoms with van der Waals surface area (Å²) >= 11 is 3.18. The number of pyridine rings is 1. The van der Waals surface area contributed by atoms with Crippen molar-refractivity contribution < 1.29 is 13.0 Å². The Morgan fingerprint density at radius 3 is 2.75 bits per heavy atom. The molecule has 0 spiro atoms. The second kappa shape index (κ2) is 7.61. The number of piperidine rings is 2. The van der Waals surface area contributed by atoms with Gasteiger partial charge in [0.2, 0.25) is 0 Å². The molecule has 134 valence electrons. The van der Waals surface area contributed by atoms with E-state index in [9.17, 15) is 13.0 Å². The van der Waals surface area contributed by atoms with Crippen LogP contribution < -0.4 is 9.62 Å². The Morgan fingerprint density at radius 1 is 1.33 bits per heavy atom. The molecule has 1 aromatic rings. The van der Waals surface area contributed by atoms with E-state index < -0.39 is 5.92 Å². The second-order valence-electron chi connectivity index (χ2n) is 6.38. The second-order valence-corrected chi connectivity index (χ2v) is 7.70. The van der Waals surface area contributed by atoms with Crippen molar-refractivity contribution in [3.05, 3.63) is 16.7 Å². The number of alkyl halides is 2. The van der Waals surface area contributed by atoms with Crippen LogP contribution in [0, 0.1) is 0 Å². The van der Waals surface area contributed by atoms with Crippen LogP contribution in [0.4, 0.5) is 20.3 Å². The predicted octanol–water partition coefficient (Wildman–Crippen LogP) is 2.82. The summed E-state index contributed by atoms with van der Waals surface area (Å²) in [6.45, 7) is 2.16. The van der Waals surface area contributed by atoms with Gasteiger partial charge >= 0.3 is 0 Å². The molecule has 3 rings (SSSR count). The lowest BCUT2D eigenvalue weighted by atomic mass is 9.98. The van der Waals surface area contributed by atoms with Gasteiger partial charge in [0, 0.05) is 36.2 Å². The number of anilines is 2. The zero-order chi connectivity index (χ0) is 17.2. The van der Waals surface area contributed by atoms with E-state index in [2.05, 4.69) is 30.5 Å². The standard InChI is InChI=1S/C15H21BrF2N4OS/c16-11-8-13(20-24-23)14(19-9-11)21-6-2-12(3-7-21)22-5-1-4-15(17,18)10-22/h8-9,12,24H,1-7,10H2,(H,20,23). The van der Waals surface area contributed by atoms with E-state index in [4.69, 9.17) is 0 Å². The van der Waals surface area contributed by atoms with Gasteiger partial charge in [-0.05, 0) is 47.8 Å². The van der Waals surface area contributed by atoms with E-state index in [0.29, 0.717) is 12.1 Å². The van der Waals surface area contributed by atoms with Crippen LogP contribution in [0.2, 0.25) is 0 Å². The van der Waals surface area contributed by atoms with Crippen molar-refractivity contribution in [2.75, 3.05) is 35.8 Å². The number of hydrogen-bond acceptors (Lipinski definition) is 4. The van der Waals surface area contributed by atoms with Crippen LogP contribution in [0.1, 0.15) is 25.7 Å². The van der Waals surface area contributed by atoms with Crippen LogP contribution in [0.5, 0.6) is 0 Å². The molecule has 0 aliphatic carbocycles. The van der Waals surface area contributed by atoms with Crippen molar-refractivity contribution in [3.8, 4) is 0 Å². The quantitative estimate of drug-likeness (QED) is 0.732. The topological polar surface area (TPSA) is 48.5 Å². The largest absolute Gasteiger partial charge is 0.355 e. The van der Waals surface area contributed by atoms with Gasteiger partial charge in [0.05, 0.1) is 12.2 Å². The first-order valence-corrected chi connectivity index (χ1v) is 9.70. The maximum absolute atomic E-state index is 13.6. The maximum Gasteiger partial charge on any atom is 0.260 e. The van der Waals surface area contributed by atoms with Crippen molar-refractivity contribution in [3.63, 3.8) is 0 Å². The van der Waals surface area contributed by atoms with Crippen LogP contribution in [-0.2, 0) is 11.9 Å². The average molecular weight is 423 g/mol. The van der Waals surface area contributed by atoms with E-state index in [0.717, 1.165) is 42.8 Å². The lowest BCUT2D eigenvalue weighted by Gasteiger charge is -2.42. The van der Waals surface area contributed by atoms with Gasteiger partial charge < -0.3 is 9.62 Å². The summed E-state index contributed by atoms with van der Waals surface area (Å²) in [4.78, 5) is 8.49. The molecule has 0 amide bonds. The zero-order valence-corrected chi connectivity index (χ0v) is 15.7. The molecule has 0 atom stereocenters. The first-order valence-electron chi connectivity index (χ1n) is 8.09. The highest BCUT2D eigenvalue weighted by Crippen LogP contribution is 2.32.